The second kappa shape index (κ2) is 6.80. The topological polar surface area (TPSA) is 48.9 Å². The maximum atomic E-state index is 10.4. The molecule has 0 saturated heterocycles. The van der Waals surface area contributed by atoms with Crippen molar-refractivity contribution < 1.29 is 5.11 Å². The number of imidazole rings is 1. The molecule has 0 bridgehead atoms. The maximum absolute atomic E-state index is 10.4. The van der Waals surface area contributed by atoms with E-state index in [1.54, 1.807) is 0 Å². The summed E-state index contributed by atoms with van der Waals surface area (Å²) in [7, 11) is 0. The van der Waals surface area contributed by atoms with Gasteiger partial charge < -0.3 is 10.1 Å². The molecule has 23 heavy (non-hydrogen) atoms. The number of H-pyrrole nitrogens is 1. The zero-order valence-electron chi connectivity index (χ0n) is 13.6. The molecule has 1 aromatic heterocycles. The fourth-order valence-corrected chi connectivity index (χ4v) is 2.69. The van der Waals surface area contributed by atoms with E-state index in [1.165, 1.54) is 16.7 Å². The van der Waals surface area contributed by atoms with Crippen molar-refractivity contribution in [2.24, 2.45) is 0 Å². The van der Waals surface area contributed by atoms with Gasteiger partial charge in [-0.2, -0.15) is 0 Å². The molecule has 3 nitrogen and oxygen atoms in total. The standard InChI is InChI=1S/C20H22N2O/c1-14-8-9-17(10-15(14)2)12-19(23)20-21-13-18(22-20)11-16-6-4-3-5-7-16/h3-10,13,19,23H,11-12H2,1-2H3,(H,21,22). The molecule has 1 atom stereocenters. The second-order valence-electron chi connectivity index (χ2n) is 6.08. The Hall–Kier alpha value is -2.39. The molecule has 1 unspecified atom stereocenters. The molecule has 3 heteroatoms. The molecule has 1 heterocycles. The number of hydrogen-bond acceptors (Lipinski definition) is 2. The summed E-state index contributed by atoms with van der Waals surface area (Å²) in [5.74, 6) is 0.633. The fourth-order valence-electron chi connectivity index (χ4n) is 2.69. The minimum Gasteiger partial charge on any atom is -0.385 e. The number of benzene rings is 2. The molecule has 0 amide bonds. The quantitative estimate of drug-likeness (QED) is 0.751. The van der Waals surface area contributed by atoms with E-state index in [1.807, 2.05) is 24.4 Å². The number of aliphatic hydroxyl groups excluding tert-OH is 1. The normalized spacial score (nSPS) is 12.3. The van der Waals surface area contributed by atoms with Gasteiger partial charge in [-0.3, -0.25) is 0 Å². The van der Waals surface area contributed by atoms with Crippen LogP contribution in [0.5, 0.6) is 0 Å². The van der Waals surface area contributed by atoms with Crippen molar-refractivity contribution >= 4 is 0 Å². The van der Waals surface area contributed by atoms with Gasteiger partial charge in [0.1, 0.15) is 11.9 Å². The summed E-state index contributed by atoms with van der Waals surface area (Å²) in [5, 5.41) is 10.4. The Morgan fingerprint density at radius 1 is 1.00 bits per heavy atom. The van der Waals surface area contributed by atoms with Gasteiger partial charge in [-0.1, -0.05) is 48.5 Å². The van der Waals surface area contributed by atoms with Gasteiger partial charge in [0.05, 0.1) is 5.69 Å². The van der Waals surface area contributed by atoms with E-state index < -0.39 is 6.10 Å². The molecule has 2 N–H and O–H groups in total. The Morgan fingerprint density at radius 2 is 1.78 bits per heavy atom. The molecule has 0 saturated carbocycles. The smallest absolute Gasteiger partial charge is 0.135 e. The maximum Gasteiger partial charge on any atom is 0.135 e. The zero-order chi connectivity index (χ0) is 16.2. The Labute approximate surface area is 137 Å². The molecule has 2 aromatic carbocycles. The molecular formula is C20H22N2O. The molecule has 0 fully saturated rings. The first-order valence-corrected chi connectivity index (χ1v) is 7.94. The number of rotatable bonds is 5. The summed E-state index contributed by atoms with van der Waals surface area (Å²) in [6.07, 6.45) is 2.61. The van der Waals surface area contributed by atoms with Crippen LogP contribution in [0.4, 0.5) is 0 Å². The van der Waals surface area contributed by atoms with Gasteiger partial charge in [0, 0.05) is 19.0 Å². The average molecular weight is 306 g/mol. The highest BCUT2D eigenvalue weighted by Gasteiger charge is 2.13. The Bertz CT molecular complexity index is 777. The molecule has 118 valence electrons. The number of nitrogens with zero attached hydrogens (tertiary/aromatic N) is 1. The lowest BCUT2D eigenvalue weighted by atomic mass is 10.0. The van der Waals surface area contributed by atoms with Crippen molar-refractivity contribution in [2.75, 3.05) is 0 Å². The number of nitrogens with one attached hydrogen (secondary N) is 1. The van der Waals surface area contributed by atoms with Crippen LogP contribution in [-0.2, 0) is 12.8 Å². The van der Waals surface area contributed by atoms with Gasteiger partial charge in [-0.25, -0.2) is 4.98 Å². The van der Waals surface area contributed by atoms with Crippen LogP contribution in [0.25, 0.3) is 0 Å². The van der Waals surface area contributed by atoms with E-state index in [-0.39, 0.29) is 0 Å². The highest BCUT2D eigenvalue weighted by Crippen LogP contribution is 2.19. The lowest BCUT2D eigenvalue weighted by Gasteiger charge is -2.09. The summed E-state index contributed by atoms with van der Waals surface area (Å²) in [5.41, 5.74) is 5.81. The first kappa shape index (κ1) is 15.5. The van der Waals surface area contributed by atoms with Crippen LogP contribution in [0.3, 0.4) is 0 Å². The Morgan fingerprint density at radius 3 is 2.52 bits per heavy atom. The van der Waals surface area contributed by atoms with Crippen molar-refractivity contribution in [1.82, 2.24) is 9.97 Å². The lowest BCUT2D eigenvalue weighted by molar-refractivity contribution is 0.169. The molecule has 0 aliphatic heterocycles. The first-order valence-electron chi connectivity index (χ1n) is 7.94. The third-order valence-corrected chi connectivity index (χ3v) is 4.19. The van der Waals surface area contributed by atoms with E-state index in [4.69, 9.17) is 0 Å². The van der Waals surface area contributed by atoms with Crippen LogP contribution in [0.2, 0.25) is 0 Å². The molecule has 0 radical (unpaired) electrons. The van der Waals surface area contributed by atoms with Crippen LogP contribution in [0.1, 0.15) is 39.9 Å². The number of aryl methyl sites for hydroxylation is 2. The summed E-state index contributed by atoms with van der Waals surface area (Å²) < 4.78 is 0. The fraction of sp³-hybridized carbons (Fsp3) is 0.250. The minimum atomic E-state index is -0.610. The highest BCUT2D eigenvalue weighted by molar-refractivity contribution is 5.30. The van der Waals surface area contributed by atoms with Crippen LogP contribution in [0, 0.1) is 13.8 Å². The average Bonchev–Trinajstić information content (AvgIpc) is 3.00. The first-order chi connectivity index (χ1) is 11.1. The summed E-state index contributed by atoms with van der Waals surface area (Å²) in [4.78, 5) is 7.65. The predicted octanol–water partition coefficient (Wildman–Crippen LogP) is 3.89. The number of hydrogen-bond donors (Lipinski definition) is 2. The highest BCUT2D eigenvalue weighted by atomic mass is 16.3. The molecule has 0 aliphatic carbocycles. The van der Waals surface area contributed by atoms with Crippen molar-refractivity contribution in [1.29, 1.82) is 0 Å². The van der Waals surface area contributed by atoms with E-state index in [0.29, 0.717) is 12.2 Å². The van der Waals surface area contributed by atoms with Crippen molar-refractivity contribution in [3.63, 3.8) is 0 Å². The monoisotopic (exact) mass is 306 g/mol. The Kier molecular flexibility index (Phi) is 4.58. The zero-order valence-corrected chi connectivity index (χ0v) is 13.6. The second-order valence-corrected chi connectivity index (χ2v) is 6.08. The molecule has 0 spiro atoms. The van der Waals surface area contributed by atoms with E-state index in [2.05, 4.69) is 54.1 Å². The van der Waals surface area contributed by atoms with Gasteiger partial charge in [0.25, 0.3) is 0 Å². The summed E-state index contributed by atoms with van der Waals surface area (Å²) in [6.45, 7) is 4.19. The van der Waals surface area contributed by atoms with E-state index >= 15 is 0 Å². The van der Waals surface area contributed by atoms with Crippen molar-refractivity contribution in [2.45, 2.75) is 32.8 Å². The Balaban J connectivity index is 1.68. The van der Waals surface area contributed by atoms with Crippen LogP contribution >= 0.6 is 0 Å². The van der Waals surface area contributed by atoms with Gasteiger partial charge in [-0.15, -0.1) is 0 Å². The lowest BCUT2D eigenvalue weighted by Crippen LogP contribution is -2.04. The van der Waals surface area contributed by atoms with Crippen LogP contribution in [-0.4, -0.2) is 15.1 Å². The van der Waals surface area contributed by atoms with Gasteiger partial charge in [-0.05, 0) is 36.1 Å². The largest absolute Gasteiger partial charge is 0.385 e. The number of aromatic amines is 1. The van der Waals surface area contributed by atoms with E-state index in [0.717, 1.165) is 17.7 Å². The predicted molar refractivity (Wildman–Crippen MR) is 92.4 cm³/mol. The SMILES string of the molecule is Cc1ccc(CC(O)c2nc(Cc3ccccc3)c[nH]2)cc1C. The van der Waals surface area contributed by atoms with Crippen LogP contribution in [0.15, 0.2) is 54.7 Å². The molecule has 3 rings (SSSR count). The van der Waals surface area contributed by atoms with Gasteiger partial charge >= 0.3 is 0 Å². The molecule has 0 aliphatic rings. The van der Waals surface area contributed by atoms with Crippen molar-refractivity contribution in [3.8, 4) is 0 Å². The number of aromatic nitrogens is 2. The molecular weight excluding hydrogens is 284 g/mol. The molecule has 3 aromatic rings. The van der Waals surface area contributed by atoms with Crippen LogP contribution < -0.4 is 0 Å². The van der Waals surface area contributed by atoms with Crippen molar-refractivity contribution in [3.05, 3.63) is 88.5 Å². The minimum absolute atomic E-state index is 0.569. The number of aliphatic hydroxyl groups is 1. The third-order valence-electron chi connectivity index (χ3n) is 4.19. The van der Waals surface area contributed by atoms with Gasteiger partial charge in [0.15, 0.2) is 0 Å². The van der Waals surface area contributed by atoms with Gasteiger partial charge in [0.2, 0.25) is 0 Å². The summed E-state index contributed by atoms with van der Waals surface area (Å²) in [6, 6.07) is 16.5. The third kappa shape index (κ3) is 3.88. The van der Waals surface area contributed by atoms with E-state index in [9.17, 15) is 5.11 Å². The summed E-state index contributed by atoms with van der Waals surface area (Å²) >= 11 is 0.